The van der Waals surface area contributed by atoms with E-state index in [1.807, 2.05) is 23.1 Å². The van der Waals surface area contributed by atoms with Gasteiger partial charge in [-0.05, 0) is 37.6 Å². The molecule has 0 amide bonds. The van der Waals surface area contributed by atoms with Gasteiger partial charge in [0.1, 0.15) is 23.6 Å². The van der Waals surface area contributed by atoms with Crippen LogP contribution in [0.4, 0.5) is 19.0 Å². The van der Waals surface area contributed by atoms with Crippen molar-refractivity contribution in [3.8, 4) is 5.75 Å². The van der Waals surface area contributed by atoms with Gasteiger partial charge in [0.15, 0.2) is 0 Å². The molecule has 1 unspecified atom stereocenters. The first-order chi connectivity index (χ1) is 13.3. The number of likely N-dealkylation sites (N-methyl/N-ethyl adjacent to an activating group) is 1. The predicted molar refractivity (Wildman–Crippen MR) is 104 cm³/mol. The van der Waals surface area contributed by atoms with Gasteiger partial charge in [-0.1, -0.05) is 15.9 Å². The number of aromatic nitrogens is 2. The Bertz CT molecular complexity index is 818. The maximum atomic E-state index is 12.9. The van der Waals surface area contributed by atoms with Gasteiger partial charge in [0.05, 0.1) is 7.11 Å². The fraction of sp³-hybridized carbons (Fsp3) is 0.474. The van der Waals surface area contributed by atoms with Crippen LogP contribution in [0.3, 0.4) is 0 Å². The summed E-state index contributed by atoms with van der Waals surface area (Å²) in [5.41, 5.74) is 0.150. The average Bonchev–Trinajstić information content (AvgIpc) is 2.67. The van der Waals surface area contributed by atoms with Crippen molar-refractivity contribution >= 4 is 21.7 Å². The van der Waals surface area contributed by atoms with Crippen LogP contribution in [0.15, 0.2) is 35.1 Å². The van der Waals surface area contributed by atoms with Crippen LogP contribution in [0.1, 0.15) is 24.1 Å². The Hall–Kier alpha value is -1.87. The molecule has 152 valence electrons. The van der Waals surface area contributed by atoms with Gasteiger partial charge in [0.2, 0.25) is 0 Å². The number of halogens is 4. The molecule has 0 bridgehead atoms. The number of anilines is 1. The van der Waals surface area contributed by atoms with Crippen molar-refractivity contribution < 1.29 is 17.9 Å². The third kappa shape index (κ3) is 4.94. The van der Waals surface area contributed by atoms with Gasteiger partial charge >= 0.3 is 6.18 Å². The number of benzene rings is 1. The molecule has 1 atom stereocenters. The van der Waals surface area contributed by atoms with E-state index in [4.69, 9.17) is 4.74 Å². The molecular formula is C19H22BrF3N4O. The molecule has 9 heteroatoms. The van der Waals surface area contributed by atoms with Gasteiger partial charge in [0, 0.05) is 42.3 Å². The first kappa shape index (κ1) is 20.9. The molecule has 2 aromatic rings. The molecule has 3 rings (SSSR count). The molecule has 0 aliphatic carbocycles. The number of methoxy groups -OCH3 is 1. The Morgan fingerprint density at radius 3 is 2.79 bits per heavy atom. The second-order valence-corrected chi connectivity index (χ2v) is 7.77. The molecule has 1 aromatic carbocycles. The molecule has 0 N–H and O–H groups in total. The zero-order valence-electron chi connectivity index (χ0n) is 15.7. The minimum atomic E-state index is -4.48. The van der Waals surface area contributed by atoms with Crippen molar-refractivity contribution in [3.63, 3.8) is 0 Å². The van der Waals surface area contributed by atoms with Gasteiger partial charge in [-0.25, -0.2) is 9.97 Å². The van der Waals surface area contributed by atoms with E-state index in [2.05, 4.69) is 30.8 Å². The molecule has 5 nitrogen and oxygen atoms in total. The van der Waals surface area contributed by atoms with Crippen LogP contribution in [-0.4, -0.2) is 48.2 Å². The van der Waals surface area contributed by atoms with E-state index in [1.54, 1.807) is 14.2 Å². The summed E-state index contributed by atoms with van der Waals surface area (Å²) in [4.78, 5) is 11.5. The average molecular weight is 459 g/mol. The summed E-state index contributed by atoms with van der Waals surface area (Å²) in [5, 5.41) is 0. The van der Waals surface area contributed by atoms with Crippen LogP contribution in [0.25, 0.3) is 0 Å². The molecular weight excluding hydrogens is 437 g/mol. The minimum Gasteiger partial charge on any atom is -0.496 e. The highest BCUT2D eigenvalue weighted by Crippen LogP contribution is 2.30. The zero-order valence-corrected chi connectivity index (χ0v) is 17.3. The van der Waals surface area contributed by atoms with Crippen molar-refractivity contribution in [2.24, 2.45) is 0 Å². The molecule has 0 saturated carbocycles. The Morgan fingerprint density at radius 1 is 1.29 bits per heavy atom. The lowest BCUT2D eigenvalue weighted by atomic mass is 10.0. The van der Waals surface area contributed by atoms with Crippen LogP contribution >= 0.6 is 15.9 Å². The lowest BCUT2D eigenvalue weighted by molar-refractivity contribution is -0.141. The largest absolute Gasteiger partial charge is 0.496 e. The molecule has 0 spiro atoms. The lowest BCUT2D eigenvalue weighted by Crippen LogP contribution is -2.46. The number of rotatable bonds is 5. The summed E-state index contributed by atoms with van der Waals surface area (Å²) in [6.45, 7) is 2.37. The number of alkyl halides is 3. The van der Waals surface area contributed by atoms with Crippen LogP contribution < -0.4 is 9.64 Å². The Labute approximate surface area is 170 Å². The van der Waals surface area contributed by atoms with E-state index < -0.39 is 11.9 Å². The van der Waals surface area contributed by atoms with Gasteiger partial charge in [-0.3, -0.25) is 4.90 Å². The first-order valence-corrected chi connectivity index (χ1v) is 9.74. The minimum absolute atomic E-state index is 0.0721. The maximum Gasteiger partial charge on any atom is 0.433 e. The quantitative estimate of drug-likeness (QED) is 0.665. The van der Waals surface area contributed by atoms with Gasteiger partial charge in [-0.2, -0.15) is 13.2 Å². The predicted octanol–water partition coefficient (Wildman–Crippen LogP) is 4.37. The number of ether oxygens (including phenoxy) is 1. The van der Waals surface area contributed by atoms with Crippen LogP contribution in [0.5, 0.6) is 5.75 Å². The second kappa shape index (κ2) is 8.65. The highest BCUT2D eigenvalue weighted by Gasteiger charge is 2.34. The van der Waals surface area contributed by atoms with Gasteiger partial charge in [-0.15, -0.1) is 0 Å². The van der Waals surface area contributed by atoms with E-state index in [0.717, 1.165) is 54.1 Å². The Balaban J connectivity index is 1.72. The van der Waals surface area contributed by atoms with Crippen molar-refractivity contribution in [2.75, 3.05) is 32.1 Å². The molecule has 28 heavy (non-hydrogen) atoms. The molecule has 0 radical (unpaired) electrons. The molecule has 1 saturated heterocycles. The smallest absolute Gasteiger partial charge is 0.433 e. The summed E-state index contributed by atoms with van der Waals surface area (Å²) >= 11 is 3.49. The molecule has 2 heterocycles. The topological polar surface area (TPSA) is 41.5 Å². The Morgan fingerprint density at radius 2 is 2.07 bits per heavy atom. The molecule has 1 fully saturated rings. The number of hydrogen-bond donors (Lipinski definition) is 0. The fourth-order valence-corrected chi connectivity index (χ4v) is 3.89. The van der Waals surface area contributed by atoms with Crippen LogP contribution in [0, 0.1) is 0 Å². The third-order valence-electron chi connectivity index (χ3n) is 4.97. The van der Waals surface area contributed by atoms with E-state index in [-0.39, 0.29) is 11.9 Å². The summed E-state index contributed by atoms with van der Waals surface area (Å²) in [5.74, 6) is 1.11. The van der Waals surface area contributed by atoms with Crippen molar-refractivity contribution in [1.82, 2.24) is 14.9 Å². The highest BCUT2D eigenvalue weighted by molar-refractivity contribution is 9.10. The third-order valence-corrected chi connectivity index (χ3v) is 5.46. The SMILES string of the molecule is COc1ccc(Br)cc1CN1CCCC(N(C)c2cc(C(F)(F)F)ncn2)C1. The van der Waals surface area contributed by atoms with Crippen molar-refractivity contribution in [3.05, 3.63) is 46.3 Å². The number of piperidine rings is 1. The van der Waals surface area contributed by atoms with E-state index >= 15 is 0 Å². The van der Waals surface area contributed by atoms with Crippen LogP contribution in [0.2, 0.25) is 0 Å². The highest BCUT2D eigenvalue weighted by atomic mass is 79.9. The standard InChI is InChI=1S/C19H22BrF3N4O/c1-26(18-9-17(19(21,22)23)24-12-25-18)15-4-3-7-27(11-15)10-13-8-14(20)5-6-16(13)28-2/h5-6,8-9,12,15H,3-4,7,10-11H2,1-2H3. The maximum absolute atomic E-state index is 12.9. The van der Waals surface area contributed by atoms with E-state index in [9.17, 15) is 13.2 Å². The monoisotopic (exact) mass is 458 g/mol. The van der Waals surface area contributed by atoms with E-state index in [1.165, 1.54) is 0 Å². The molecule has 1 aromatic heterocycles. The van der Waals surface area contributed by atoms with Gasteiger partial charge in [0.25, 0.3) is 0 Å². The van der Waals surface area contributed by atoms with Crippen molar-refractivity contribution in [2.45, 2.75) is 31.6 Å². The van der Waals surface area contributed by atoms with Gasteiger partial charge < -0.3 is 9.64 Å². The number of likely N-dealkylation sites (tertiary alicyclic amines) is 1. The van der Waals surface area contributed by atoms with Crippen molar-refractivity contribution in [1.29, 1.82) is 0 Å². The fourth-order valence-electron chi connectivity index (χ4n) is 3.48. The van der Waals surface area contributed by atoms with E-state index in [0.29, 0.717) is 6.54 Å². The second-order valence-electron chi connectivity index (χ2n) is 6.86. The summed E-state index contributed by atoms with van der Waals surface area (Å²) < 4.78 is 45.3. The zero-order chi connectivity index (χ0) is 20.3. The molecule has 1 aliphatic rings. The number of nitrogens with zero attached hydrogens (tertiary/aromatic N) is 4. The normalized spacial score (nSPS) is 18.1. The summed E-state index contributed by atoms with van der Waals surface area (Å²) in [6, 6.07) is 6.97. The summed E-state index contributed by atoms with van der Waals surface area (Å²) in [6.07, 6.45) is -1.65. The lowest BCUT2D eigenvalue weighted by Gasteiger charge is -2.38. The summed E-state index contributed by atoms with van der Waals surface area (Å²) in [7, 11) is 3.43. The molecule has 1 aliphatic heterocycles. The Kier molecular flexibility index (Phi) is 6.44. The first-order valence-electron chi connectivity index (χ1n) is 8.95. The van der Waals surface area contributed by atoms with Crippen LogP contribution in [-0.2, 0) is 12.7 Å². The number of hydrogen-bond acceptors (Lipinski definition) is 5.